The van der Waals surface area contributed by atoms with E-state index >= 15 is 0 Å². The molecule has 0 amide bonds. The minimum Gasteiger partial charge on any atom is -0.292 e. The van der Waals surface area contributed by atoms with Crippen LogP contribution in [0.15, 0.2) is 36.8 Å². The lowest BCUT2D eigenvalue weighted by molar-refractivity contribution is -0.141. The van der Waals surface area contributed by atoms with Gasteiger partial charge in [0.2, 0.25) is 0 Å². The fraction of sp³-hybridized carbons (Fsp3) is 0.200. The van der Waals surface area contributed by atoms with Gasteiger partial charge in [0.25, 0.3) is 0 Å². The van der Waals surface area contributed by atoms with Crippen LogP contribution in [0.2, 0.25) is 5.15 Å². The van der Waals surface area contributed by atoms with E-state index in [0.29, 0.717) is 34.2 Å². The summed E-state index contributed by atoms with van der Waals surface area (Å²) in [6.07, 6.45) is -0.591. The number of hydrogen-bond donors (Lipinski definition) is 0. The first kappa shape index (κ1) is 19.3. The molecule has 148 valence electrons. The first-order valence-corrected chi connectivity index (χ1v) is 9.11. The lowest BCUT2D eigenvalue weighted by atomic mass is 10.0. The van der Waals surface area contributed by atoms with E-state index in [2.05, 4.69) is 15.0 Å². The maximum atomic E-state index is 13.6. The van der Waals surface area contributed by atoms with E-state index in [1.54, 1.807) is 26.0 Å². The van der Waals surface area contributed by atoms with Crippen molar-refractivity contribution in [3.05, 3.63) is 58.9 Å². The predicted octanol–water partition coefficient (Wildman–Crippen LogP) is 5.52. The van der Waals surface area contributed by atoms with Crippen LogP contribution in [0.4, 0.5) is 13.2 Å². The summed E-state index contributed by atoms with van der Waals surface area (Å²) >= 11 is 5.93. The maximum absolute atomic E-state index is 13.6. The number of carbonyl (C=O) groups excluding carboxylic acids is 1. The van der Waals surface area contributed by atoms with Gasteiger partial charge in [0.05, 0.1) is 11.7 Å². The summed E-state index contributed by atoms with van der Waals surface area (Å²) in [6, 6.07) is 4.71. The van der Waals surface area contributed by atoms with Crippen LogP contribution in [0.3, 0.4) is 0 Å². The molecule has 4 aromatic heterocycles. The van der Waals surface area contributed by atoms with E-state index in [9.17, 15) is 18.0 Å². The summed E-state index contributed by atoms with van der Waals surface area (Å²) < 4.78 is 41.9. The van der Waals surface area contributed by atoms with E-state index in [1.807, 2.05) is 0 Å². The molecule has 9 heteroatoms. The van der Waals surface area contributed by atoms with Gasteiger partial charge in [-0.15, -0.1) is 0 Å². The van der Waals surface area contributed by atoms with Gasteiger partial charge >= 0.3 is 6.18 Å². The summed E-state index contributed by atoms with van der Waals surface area (Å²) in [5.74, 6) is -0.109. The summed E-state index contributed by atoms with van der Waals surface area (Å²) in [5, 5.41) is 0.544. The van der Waals surface area contributed by atoms with Gasteiger partial charge in [-0.2, -0.15) is 13.2 Å². The van der Waals surface area contributed by atoms with E-state index in [4.69, 9.17) is 11.6 Å². The Balaban J connectivity index is 2.07. The van der Waals surface area contributed by atoms with Crippen LogP contribution in [-0.4, -0.2) is 25.1 Å². The first-order chi connectivity index (χ1) is 13.7. The molecule has 0 atom stereocenters. The quantitative estimate of drug-likeness (QED) is 0.325. The summed E-state index contributed by atoms with van der Waals surface area (Å²) in [7, 11) is 0. The zero-order valence-electron chi connectivity index (χ0n) is 15.4. The van der Waals surface area contributed by atoms with Crippen molar-refractivity contribution < 1.29 is 18.0 Å². The minimum atomic E-state index is -4.61. The molecule has 29 heavy (non-hydrogen) atoms. The number of hydrogen-bond acceptors (Lipinski definition) is 4. The van der Waals surface area contributed by atoms with Crippen molar-refractivity contribution in [1.29, 1.82) is 0 Å². The summed E-state index contributed by atoms with van der Waals surface area (Å²) in [6.45, 7) is 3.51. The van der Waals surface area contributed by atoms with E-state index in [1.165, 1.54) is 18.5 Å². The molecule has 0 spiro atoms. The second kappa shape index (κ2) is 6.81. The number of imidazole rings is 1. The van der Waals surface area contributed by atoms with Crippen LogP contribution < -0.4 is 0 Å². The molecule has 0 radical (unpaired) electrons. The van der Waals surface area contributed by atoms with Crippen molar-refractivity contribution in [2.75, 3.05) is 0 Å². The Morgan fingerprint density at radius 2 is 1.83 bits per heavy atom. The Hall–Kier alpha value is -3.00. The van der Waals surface area contributed by atoms with Crippen LogP contribution in [0, 0.1) is 6.92 Å². The number of aryl methyl sites for hydroxylation is 1. The molecule has 0 unspecified atom stereocenters. The molecule has 0 bridgehead atoms. The molecule has 5 nitrogen and oxygen atoms in total. The number of carbonyl (C=O) groups is 1. The molecular formula is C20H14ClF3N4O. The molecular weight excluding hydrogens is 405 g/mol. The highest BCUT2D eigenvalue weighted by Crippen LogP contribution is 2.37. The van der Waals surface area contributed by atoms with E-state index in [0.717, 1.165) is 10.6 Å². The monoisotopic (exact) mass is 418 g/mol. The second-order valence-electron chi connectivity index (χ2n) is 6.59. The lowest BCUT2D eigenvalue weighted by Crippen LogP contribution is -2.10. The molecule has 0 aliphatic carbocycles. The average molecular weight is 419 g/mol. The first-order valence-electron chi connectivity index (χ1n) is 8.74. The summed E-state index contributed by atoms with van der Waals surface area (Å²) in [4.78, 5) is 24.1. The van der Waals surface area contributed by atoms with Crippen LogP contribution in [0.1, 0.15) is 35.1 Å². The third-order valence-electron chi connectivity index (χ3n) is 4.72. The van der Waals surface area contributed by atoms with Gasteiger partial charge in [0.1, 0.15) is 22.2 Å². The highest BCUT2D eigenvalue weighted by Gasteiger charge is 2.35. The number of halogens is 4. The topological polar surface area (TPSA) is 60.2 Å². The second-order valence-corrected chi connectivity index (χ2v) is 6.97. The van der Waals surface area contributed by atoms with Gasteiger partial charge in [0.15, 0.2) is 5.78 Å². The number of aromatic nitrogens is 4. The van der Waals surface area contributed by atoms with Gasteiger partial charge in [-0.1, -0.05) is 18.5 Å². The number of fused-ring (bicyclic) bond motifs is 3. The molecule has 0 aliphatic heterocycles. The standard InChI is InChI=1S/C20H14ClF3N4O/c1-3-16(29)14-4-10(2)13(8-25-14)12-5-11-7-26-18(21)6-15(11)28-17(20(22,23)24)9-27-19(12)28/h4-9H,3H2,1-2H3. The number of pyridine rings is 3. The van der Waals surface area contributed by atoms with Crippen molar-refractivity contribution in [3.63, 3.8) is 0 Å². The minimum absolute atomic E-state index is 0.0775. The average Bonchev–Trinajstić information content (AvgIpc) is 3.13. The van der Waals surface area contributed by atoms with Crippen molar-refractivity contribution in [3.8, 4) is 11.1 Å². The van der Waals surface area contributed by atoms with Crippen LogP contribution in [0.5, 0.6) is 0 Å². The van der Waals surface area contributed by atoms with Crippen LogP contribution in [0.25, 0.3) is 27.7 Å². The number of ketones is 1. The number of alkyl halides is 3. The van der Waals surface area contributed by atoms with E-state index < -0.39 is 11.9 Å². The lowest BCUT2D eigenvalue weighted by Gasteiger charge is -2.14. The summed E-state index contributed by atoms with van der Waals surface area (Å²) in [5.41, 5.74) is 1.51. The largest absolute Gasteiger partial charge is 0.433 e. The van der Waals surface area contributed by atoms with Gasteiger partial charge < -0.3 is 0 Å². The fourth-order valence-corrected chi connectivity index (χ4v) is 3.46. The Morgan fingerprint density at radius 3 is 2.48 bits per heavy atom. The van der Waals surface area contributed by atoms with Gasteiger partial charge in [-0.25, -0.2) is 9.97 Å². The smallest absolute Gasteiger partial charge is 0.292 e. The Kier molecular flexibility index (Phi) is 4.53. The normalized spacial score (nSPS) is 12.1. The molecule has 0 fully saturated rings. The van der Waals surface area contributed by atoms with E-state index in [-0.39, 0.29) is 22.1 Å². The number of rotatable bonds is 3. The molecule has 4 aromatic rings. The number of nitrogens with zero attached hydrogens (tertiary/aromatic N) is 4. The van der Waals surface area contributed by atoms with Crippen molar-refractivity contribution in [2.45, 2.75) is 26.4 Å². The van der Waals surface area contributed by atoms with Crippen molar-refractivity contribution >= 4 is 33.9 Å². The fourth-order valence-electron chi connectivity index (χ4n) is 3.31. The van der Waals surface area contributed by atoms with Gasteiger partial charge in [0, 0.05) is 41.4 Å². The molecule has 4 rings (SSSR count). The third-order valence-corrected chi connectivity index (χ3v) is 4.93. The molecule has 0 saturated heterocycles. The molecule has 0 aliphatic rings. The van der Waals surface area contributed by atoms with Crippen LogP contribution in [-0.2, 0) is 6.18 Å². The van der Waals surface area contributed by atoms with Crippen molar-refractivity contribution in [2.24, 2.45) is 0 Å². The Bertz CT molecular complexity index is 1280. The molecule has 0 saturated carbocycles. The maximum Gasteiger partial charge on any atom is 0.433 e. The molecule has 4 heterocycles. The molecule has 0 N–H and O–H groups in total. The third kappa shape index (κ3) is 3.23. The highest BCUT2D eigenvalue weighted by atomic mass is 35.5. The zero-order valence-corrected chi connectivity index (χ0v) is 16.1. The molecule has 0 aromatic carbocycles. The number of Topliss-reactive ketones (excluding diaryl/α,β-unsaturated/α-hetero) is 1. The van der Waals surface area contributed by atoms with Gasteiger partial charge in [-0.05, 0) is 24.6 Å². The predicted molar refractivity (Wildman–Crippen MR) is 103 cm³/mol. The SMILES string of the molecule is CCC(=O)c1cc(C)c(-c2cc3cnc(Cl)cc3n3c(C(F)(F)F)cnc23)cn1. The van der Waals surface area contributed by atoms with Gasteiger partial charge in [-0.3, -0.25) is 14.2 Å². The highest BCUT2D eigenvalue weighted by molar-refractivity contribution is 6.30. The van der Waals surface area contributed by atoms with Crippen LogP contribution >= 0.6 is 11.6 Å². The Labute approximate surface area is 168 Å². The Morgan fingerprint density at radius 1 is 1.07 bits per heavy atom. The van der Waals surface area contributed by atoms with Crippen molar-refractivity contribution in [1.82, 2.24) is 19.4 Å². The zero-order chi connectivity index (χ0) is 20.9.